The summed E-state index contributed by atoms with van der Waals surface area (Å²) >= 11 is 1.75. The molecule has 1 aromatic rings. The minimum Gasteiger partial charge on any atom is -0.382 e. The Morgan fingerprint density at radius 3 is 2.72 bits per heavy atom. The van der Waals surface area contributed by atoms with E-state index >= 15 is 0 Å². The minimum atomic E-state index is -0.0955. The first kappa shape index (κ1) is 15.1. The third kappa shape index (κ3) is 4.76. The van der Waals surface area contributed by atoms with Crippen molar-refractivity contribution in [3.8, 4) is 0 Å². The van der Waals surface area contributed by atoms with E-state index in [0.29, 0.717) is 13.2 Å². The van der Waals surface area contributed by atoms with Crippen molar-refractivity contribution in [2.75, 3.05) is 26.9 Å². The van der Waals surface area contributed by atoms with Crippen LogP contribution < -0.4 is 5.32 Å². The molecule has 102 valence electrons. The number of amides is 1. The SMILES string of the molecule is COCCOCC(=O)NC(C)c1cc(C)sc1C. The summed E-state index contributed by atoms with van der Waals surface area (Å²) in [7, 11) is 1.60. The lowest BCUT2D eigenvalue weighted by Gasteiger charge is -2.14. The fourth-order valence-electron chi connectivity index (χ4n) is 1.75. The van der Waals surface area contributed by atoms with Crippen LogP contribution in [0.5, 0.6) is 0 Å². The molecular formula is C13H21NO3S. The Labute approximate surface area is 112 Å². The van der Waals surface area contributed by atoms with Gasteiger partial charge < -0.3 is 14.8 Å². The molecule has 1 heterocycles. The van der Waals surface area contributed by atoms with Crippen molar-refractivity contribution in [3.63, 3.8) is 0 Å². The summed E-state index contributed by atoms with van der Waals surface area (Å²) in [6, 6.07) is 2.14. The first-order chi connectivity index (χ1) is 8.54. The van der Waals surface area contributed by atoms with Gasteiger partial charge in [0.15, 0.2) is 0 Å². The highest BCUT2D eigenvalue weighted by atomic mass is 32.1. The second-order valence-electron chi connectivity index (χ2n) is 4.20. The lowest BCUT2D eigenvalue weighted by Crippen LogP contribution is -2.30. The Bertz CT molecular complexity index is 390. The Kier molecular flexibility index (Phi) is 6.32. The van der Waals surface area contributed by atoms with Crippen molar-refractivity contribution in [1.82, 2.24) is 5.32 Å². The van der Waals surface area contributed by atoms with Gasteiger partial charge in [0, 0.05) is 16.9 Å². The smallest absolute Gasteiger partial charge is 0.246 e. The van der Waals surface area contributed by atoms with Gasteiger partial charge in [0.05, 0.1) is 19.3 Å². The van der Waals surface area contributed by atoms with Gasteiger partial charge >= 0.3 is 0 Å². The predicted octanol–water partition coefficient (Wildman–Crippen LogP) is 2.21. The number of methoxy groups -OCH3 is 1. The first-order valence-electron chi connectivity index (χ1n) is 5.97. The van der Waals surface area contributed by atoms with Gasteiger partial charge in [0.2, 0.25) is 5.91 Å². The standard InChI is InChI=1S/C13H21NO3S/c1-9-7-12(11(3)18-9)10(2)14-13(15)8-17-6-5-16-4/h7,10H,5-6,8H2,1-4H3,(H,14,15). The summed E-state index contributed by atoms with van der Waals surface area (Å²) in [6.07, 6.45) is 0. The van der Waals surface area contributed by atoms with Crippen LogP contribution in [0.4, 0.5) is 0 Å². The number of aryl methyl sites for hydroxylation is 2. The van der Waals surface area contributed by atoms with Gasteiger partial charge in [0.1, 0.15) is 6.61 Å². The molecule has 18 heavy (non-hydrogen) atoms. The molecule has 1 rings (SSSR count). The zero-order chi connectivity index (χ0) is 13.5. The van der Waals surface area contributed by atoms with Gasteiger partial charge in [-0.05, 0) is 32.4 Å². The molecule has 5 heteroatoms. The van der Waals surface area contributed by atoms with Crippen LogP contribution in [0.1, 0.15) is 28.3 Å². The zero-order valence-electron chi connectivity index (χ0n) is 11.4. The Morgan fingerprint density at radius 2 is 2.17 bits per heavy atom. The number of hydrogen-bond donors (Lipinski definition) is 1. The molecular weight excluding hydrogens is 250 g/mol. The predicted molar refractivity (Wildman–Crippen MR) is 73.0 cm³/mol. The third-order valence-corrected chi connectivity index (χ3v) is 3.57. The van der Waals surface area contributed by atoms with E-state index in [4.69, 9.17) is 9.47 Å². The molecule has 1 aromatic heterocycles. The Hall–Kier alpha value is -0.910. The van der Waals surface area contributed by atoms with Crippen LogP contribution in [0.2, 0.25) is 0 Å². The highest BCUT2D eigenvalue weighted by Crippen LogP contribution is 2.25. The molecule has 1 unspecified atom stereocenters. The summed E-state index contributed by atoms with van der Waals surface area (Å²) < 4.78 is 10.0. The van der Waals surface area contributed by atoms with Crippen LogP contribution in [0, 0.1) is 13.8 Å². The van der Waals surface area contributed by atoms with Gasteiger partial charge in [0.25, 0.3) is 0 Å². The molecule has 0 aliphatic carbocycles. The second kappa shape index (κ2) is 7.51. The normalized spacial score (nSPS) is 12.4. The van der Waals surface area contributed by atoms with Crippen molar-refractivity contribution < 1.29 is 14.3 Å². The maximum absolute atomic E-state index is 11.6. The van der Waals surface area contributed by atoms with Crippen LogP contribution in [0.15, 0.2) is 6.07 Å². The first-order valence-corrected chi connectivity index (χ1v) is 6.79. The lowest BCUT2D eigenvalue weighted by atomic mass is 10.1. The summed E-state index contributed by atoms with van der Waals surface area (Å²) in [5, 5.41) is 2.93. The average molecular weight is 271 g/mol. The van der Waals surface area contributed by atoms with Gasteiger partial charge in [-0.25, -0.2) is 0 Å². The molecule has 0 bridgehead atoms. The number of hydrogen-bond acceptors (Lipinski definition) is 4. The highest BCUT2D eigenvalue weighted by Gasteiger charge is 2.13. The fourth-order valence-corrected chi connectivity index (χ4v) is 2.77. The van der Waals surface area contributed by atoms with Crippen molar-refractivity contribution in [2.24, 2.45) is 0 Å². The topological polar surface area (TPSA) is 47.6 Å². The minimum absolute atomic E-state index is 0.0217. The van der Waals surface area contributed by atoms with Crippen LogP contribution in [-0.4, -0.2) is 32.8 Å². The summed E-state index contributed by atoms with van der Waals surface area (Å²) in [5.74, 6) is -0.0955. The third-order valence-electron chi connectivity index (χ3n) is 2.59. The number of carbonyl (C=O) groups excluding carboxylic acids is 1. The molecule has 0 aliphatic heterocycles. The van der Waals surface area contributed by atoms with Gasteiger partial charge in [-0.3, -0.25) is 4.79 Å². The van der Waals surface area contributed by atoms with Crippen molar-refractivity contribution in [1.29, 1.82) is 0 Å². The van der Waals surface area contributed by atoms with E-state index in [1.165, 1.54) is 15.3 Å². The molecule has 4 nitrogen and oxygen atoms in total. The monoisotopic (exact) mass is 271 g/mol. The Morgan fingerprint density at radius 1 is 1.44 bits per heavy atom. The fraction of sp³-hybridized carbons (Fsp3) is 0.615. The summed E-state index contributed by atoms with van der Waals surface area (Å²) in [4.78, 5) is 14.1. The van der Waals surface area contributed by atoms with Crippen molar-refractivity contribution in [3.05, 3.63) is 21.4 Å². The molecule has 0 aromatic carbocycles. The van der Waals surface area contributed by atoms with Gasteiger partial charge in [-0.2, -0.15) is 0 Å². The van der Waals surface area contributed by atoms with E-state index in [2.05, 4.69) is 25.2 Å². The largest absolute Gasteiger partial charge is 0.382 e. The van der Waals surface area contributed by atoms with E-state index in [-0.39, 0.29) is 18.6 Å². The molecule has 0 aliphatic rings. The summed E-state index contributed by atoms with van der Waals surface area (Å²) in [6.45, 7) is 7.16. The maximum Gasteiger partial charge on any atom is 0.246 e. The quantitative estimate of drug-likeness (QED) is 0.773. The van der Waals surface area contributed by atoms with Gasteiger partial charge in [-0.1, -0.05) is 0 Å². The number of rotatable bonds is 7. The highest BCUT2D eigenvalue weighted by molar-refractivity contribution is 7.12. The van der Waals surface area contributed by atoms with E-state index < -0.39 is 0 Å². The number of thiophene rings is 1. The van der Waals surface area contributed by atoms with E-state index in [9.17, 15) is 4.79 Å². The molecule has 0 saturated carbocycles. The van der Waals surface area contributed by atoms with Crippen LogP contribution in [0.3, 0.4) is 0 Å². The van der Waals surface area contributed by atoms with Crippen molar-refractivity contribution in [2.45, 2.75) is 26.8 Å². The number of nitrogens with one attached hydrogen (secondary N) is 1. The molecule has 1 atom stereocenters. The second-order valence-corrected chi connectivity index (χ2v) is 5.66. The zero-order valence-corrected chi connectivity index (χ0v) is 12.2. The summed E-state index contributed by atoms with van der Waals surface area (Å²) in [5.41, 5.74) is 1.18. The van der Waals surface area contributed by atoms with E-state index in [1.807, 2.05) is 6.92 Å². The molecule has 0 radical (unpaired) electrons. The van der Waals surface area contributed by atoms with E-state index in [1.54, 1.807) is 18.4 Å². The van der Waals surface area contributed by atoms with E-state index in [0.717, 1.165) is 0 Å². The molecule has 1 amide bonds. The average Bonchev–Trinajstić information content (AvgIpc) is 2.64. The van der Waals surface area contributed by atoms with Gasteiger partial charge in [-0.15, -0.1) is 11.3 Å². The molecule has 1 N–H and O–H groups in total. The van der Waals surface area contributed by atoms with Crippen LogP contribution in [0.25, 0.3) is 0 Å². The Balaban J connectivity index is 2.37. The number of carbonyl (C=O) groups is 1. The molecule has 0 fully saturated rings. The lowest BCUT2D eigenvalue weighted by molar-refractivity contribution is -0.126. The van der Waals surface area contributed by atoms with Crippen LogP contribution in [-0.2, 0) is 14.3 Å². The molecule has 0 spiro atoms. The number of ether oxygens (including phenoxy) is 2. The van der Waals surface area contributed by atoms with Crippen LogP contribution >= 0.6 is 11.3 Å². The molecule has 0 saturated heterocycles. The van der Waals surface area contributed by atoms with Crippen molar-refractivity contribution >= 4 is 17.2 Å². The maximum atomic E-state index is 11.6.